The van der Waals surface area contributed by atoms with E-state index in [1.165, 1.54) is 26.4 Å². The third kappa shape index (κ3) is 7.18. The van der Waals surface area contributed by atoms with Crippen molar-refractivity contribution in [1.82, 2.24) is 9.47 Å². The van der Waals surface area contributed by atoms with Crippen molar-refractivity contribution in [1.29, 1.82) is 0 Å². The number of carbonyl (C=O) groups excluding carboxylic acids is 1. The summed E-state index contributed by atoms with van der Waals surface area (Å²) in [6.45, 7) is 5.70. The zero-order valence-electron chi connectivity index (χ0n) is 24.0. The summed E-state index contributed by atoms with van der Waals surface area (Å²) in [7, 11) is 0. The predicted octanol–water partition coefficient (Wildman–Crippen LogP) is 6.51. The molecule has 0 unspecified atom stereocenters. The molecule has 0 bridgehead atoms. The van der Waals surface area contributed by atoms with E-state index in [1.54, 1.807) is 17.4 Å². The summed E-state index contributed by atoms with van der Waals surface area (Å²) < 4.78 is 19.2. The van der Waals surface area contributed by atoms with Crippen molar-refractivity contribution in [3.63, 3.8) is 0 Å². The molecule has 3 heterocycles. The van der Waals surface area contributed by atoms with Crippen LogP contribution < -0.4 is 15.2 Å². The zero-order valence-corrected chi connectivity index (χ0v) is 24.8. The average Bonchev–Trinajstić information content (AvgIpc) is 3.53. The van der Waals surface area contributed by atoms with Crippen molar-refractivity contribution in [3.05, 3.63) is 106 Å². The molecule has 43 heavy (non-hydrogen) atoms. The number of benzene rings is 3. The molecule has 0 saturated carbocycles. The van der Waals surface area contributed by atoms with Crippen molar-refractivity contribution < 1.29 is 19.0 Å². The normalized spacial score (nSPS) is 13.8. The fourth-order valence-electron chi connectivity index (χ4n) is 5.46. The lowest BCUT2D eigenvalue weighted by Crippen LogP contribution is -2.46. The highest BCUT2D eigenvalue weighted by molar-refractivity contribution is 7.17. The topological polar surface area (TPSA) is 73.2 Å². The molecule has 6 rings (SSSR count). The molecule has 8 nitrogen and oxygen atoms in total. The lowest BCUT2D eigenvalue weighted by atomic mass is 10.2. The van der Waals surface area contributed by atoms with Crippen molar-refractivity contribution in [2.75, 3.05) is 44.2 Å². The highest BCUT2D eigenvalue weighted by Crippen LogP contribution is 2.31. The Balaban J connectivity index is 0.955. The van der Waals surface area contributed by atoms with Crippen LogP contribution in [0.15, 0.2) is 95.1 Å². The van der Waals surface area contributed by atoms with Gasteiger partial charge in [-0.2, -0.15) is 0 Å². The molecule has 2 aromatic heterocycles. The van der Waals surface area contributed by atoms with Crippen LogP contribution in [0, 0.1) is 0 Å². The number of unbranched alkanes of at least 4 members (excludes halogenated alkanes) is 1. The Hall–Kier alpha value is -4.34. The fraction of sp³-hybridized carbons (Fsp3) is 0.294. The first-order valence-corrected chi connectivity index (χ1v) is 15.6. The molecule has 0 aliphatic carbocycles. The van der Waals surface area contributed by atoms with Gasteiger partial charge in [-0.25, -0.2) is 4.79 Å². The monoisotopic (exact) mass is 597 g/mol. The Morgan fingerprint density at radius 2 is 1.67 bits per heavy atom. The summed E-state index contributed by atoms with van der Waals surface area (Å²) >= 11 is 1.80. The Morgan fingerprint density at radius 3 is 2.53 bits per heavy atom. The molecule has 0 amide bonds. The molecule has 1 aliphatic rings. The van der Waals surface area contributed by atoms with Crippen LogP contribution in [0.2, 0.25) is 0 Å². The van der Waals surface area contributed by atoms with Gasteiger partial charge in [-0.3, -0.25) is 14.3 Å². The summed E-state index contributed by atoms with van der Waals surface area (Å²) in [6.07, 6.45) is 1.16. The number of hydrogen-bond acceptors (Lipinski definition) is 8. The van der Waals surface area contributed by atoms with Crippen molar-refractivity contribution in [2.45, 2.75) is 26.2 Å². The molecule has 3 aromatic carbocycles. The number of nitrogens with zero attached hydrogens (tertiary/aromatic N) is 3. The number of fused-ring (bicyclic) bond motifs is 2. The van der Waals surface area contributed by atoms with Crippen LogP contribution in [-0.2, 0) is 22.8 Å². The minimum absolute atomic E-state index is 0.102. The Labute approximate surface area is 254 Å². The molecule has 0 N–H and O–H groups in total. The number of rotatable bonds is 11. The largest absolute Gasteiger partial charge is 0.510 e. The molecule has 1 saturated heterocycles. The number of aromatic nitrogens is 1. The first-order chi connectivity index (χ1) is 21.1. The number of pyridine rings is 1. The van der Waals surface area contributed by atoms with Gasteiger partial charge < -0.3 is 19.1 Å². The quantitative estimate of drug-likeness (QED) is 0.127. The fourth-order valence-corrected chi connectivity index (χ4v) is 6.27. The van der Waals surface area contributed by atoms with Crippen LogP contribution in [0.5, 0.6) is 5.75 Å². The second kappa shape index (κ2) is 13.8. The van der Waals surface area contributed by atoms with Crippen LogP contribution in [0.25, 0.3) is 21.0 Å². The second-order valence-corrected chi connectivity index (χ2v) is 11.6. The van der Waals surface area contributed by atoms with Gasteiger partial charge in [-0.15, -0.1) is 11.3 Å². The van der Waals surface area contributed by atoms with E-state index in [0.717, 1.165) is 56.5 Å². The van der Waals surface area contributed by atoms with Gasteiger partial charge >= 0.3 is 6.16 Å². The van der Waals surface area contributed by atoms with E-state index < -0.39 is 6.16 Å². The summed E-state index contributed by atoms with van der Waals surface area (Å²) in [4.78, 5) is 29.8. The molecule has 5 aromatic rings. The first-order valence-electron chi connectivity index (χ1n) is 14.7. The molecule has 0 spiro atoms. The van der Waals surface area contributed by atoms with E-state index >= 15 is 0 Å². The summed E-state index contributed by atoms with van der Waals surface area (Å²) in [6, 6.07) is 27.0. The molecule has 222 valence electrons. The minimum atomic E-state index is -0.832. The highest BCUT2D eigenvalue weighted by atomic mass is 32.1. The van der Waals surface area contributed by atoms with E-state index in [9.17, 15) is 9.59 Å². The van der Waals surface area contributed by atoms with Gasteiger partial charge in [-0.05, 0) is 72.1 Å². The lowest BCUT2D eigenvalue weighted by molar-refractivity contribution is 0.0293. The Bertz CT molecular complexity index is 1730. The van der Waals surface area contributed by atoms with Gasteiger partial charge in [0.25, 0.3) is 5.56 Å². The van der Waals surface area contributed by atoms with E-state index in [4.69, 9.17) is 14.2 Å². The van der Waals surface area contributed by atoms with Crippen LogP contribution in [0.1, 0.15) is 18.4 Å². The first kappa shape index (κ1) is 28.8. The van der Waals surface area contributed by atoms with Crippen LogP contribution in [-0.4, -0.2) is 55.0 Å². The Morgan fingerprint density at radius 1 is 0.837 bits per heavy atom. The van der Waals surface area contributed by atoms with Gasteiger partial charge in [0, 0.05) is 54.1 Å². The number of anilines is 1. The summed E-state index contributed by atoms with van der Waals surface area (Å²) in [5.74, 6) is 0.676. The van der Waals surface area contributed by atoms with Crippen molar-refractivity contribution in [3.8, 4) is 5.75 Å². The molecule has 9 heteroatoms. The maximum atomic E-state index is 12.6. The molecule has 0 radical (unpaired) electrons. The average molecular weight is 598 g/mol. The van der Waals surface area contributed by atoms with E-state index in [1.807, 2.05) is 48.5 Å². The van der Waals surface area contributed by atoms with E-state index in [-0.39, 0.29) is 18.9 Å². The summed E-state index contributed by atoms with van der Waals surface area (Å²) in [5, 5.41) is 4.38. The zero-order chi connectivity index (χ0) is 29.4. The smallest absolute Gasteiger partial charge is 0.494 e. The van der Waals surface area contributed by atoms with Gasteiger partial charge in [0.15, 0.2) is 6.73 Å². The number of ether oxygens (including phenoxy) is 3. The number of thiophene rings is 1. The SMILES string of the molecule is O=C(OCc1ccccc1)OCn1c(=O)ccc2ccc(OCCCCN3CCN(c4cccc5sccc45)CC3)cc21. The molecule has 1 fully saturated rings. The number of carbonyl (C=O) groups is 1. The van der Waals surface area contributed by atoms with Crippen molar-refractivity contribution in [2.24, 2.45) is 0 Å². The van der Waals surface area contributed by atoms with E-state index in [0.29, 0.717) is 17.9 Å². The van der Waals surface area contributed by atoms with Gasteiger partial charge in [0.05, 0.1) is 12.1 Å². The third-order valence-corrected chi connectivity index (χ3v) is 8.68. The van der Waals surface area contributed by atoms with Gasteiger partial charge in [0.2, 0.25) is 0 Å². The standard InChI is InChI=1S/C34H35N3O5S/c38-33-14-12-27-11-13-28(23-31(27)37(33)25-42-34(39)41-24-26-7-2-1-3-8-26)40-21-5-4-16-35-17-19-36(20-18-35)30-9-6-10-32-29(30)15-22-43-32/h1-3,6-15,22-23H,4-5,16-21,24-25H2. The predicted molar refractivity (Wildman–Crippen MR) is 171 cm³/mol. The molecular weight excluding hydrogens is 562 g/mol. The Kier molecular flexibility index (Phi) is 9.20. The minimum Gasteiger partial charge on any atom is -0.494 e. The highest BCUT2D eigenvalue weighted by Gasteiger charge is 2.18. The maximum Gasteiger partial charge on any atom is 0.510 e. The molecule has 1 aliphatic heterocycles. The second-order valence-electron chi connectivity index (χ2n) is 10.6. The lowest BCUT2D eigenvalue weighted by Gasteiger charge is -2.36. The molecule has 0 atom stereocenters. The maximum absolute atomic E-state index is 12.6. The number of piperazine rings is 1. The van der Waals surface area contributed by atoms with E-state index in [2.05, 4.69) is 39.4 Å². The van der Waals surface area contributed by atoms with Crippen LogP contribution in [0.3, 0.4) is 0 Å². The third-order valence-electron chi connectivity index (χ3n) is 7.80. The van der Waals surface area contributed by atoms with Crippen molar-refractivity contribution >= 4 is 44.2 Å². The molecular formula is C34H35N3O5S. The van der Waals surface area contributed by atoms with Gasteiger partial charge in [-0.1, -0.05) is 36.4 Å². The number of hydrogen-bond donors (Lipinski definition) is 0. The van der Waals surface area contributed by atoms with Crippen LogP contribution >= 0.6 is 11.3 Å². The van der Waals surface area contributed by atoms with Gasteiger partial charge in [0.1, 0.15) is 12.4 Å². The summed E-state index contributed by atoms with van der Waals surface area (Å²) in [5.41, 5.74) is 2.57. The van der Waals surface area contributed by atoms with Crippen LogP contribution in [0.4, 0.5) is 10.5 Å².